The Kier molecular flexibility index (Phi) is 26.5. The van der Waals surface area contributed by atoms with Crippen molar-refractivity contribution in [2.45, 2.75) is 149 Å². The van der Waals surface area contributed by atoms with Crippen LogP contribution in [0.4, 0.5) is 0 Å². The number of rotatable bonds is 24. The topological polar surface area (TPSA) is 18.5 Å². The molecule has 0 spiro atoms. The Morgan fingerprint density at radius 3 is 1.25 bits per heavy atom. The zero-order chi connectivity index (χ0) is 23.2. The lowest BCUT2D eigenvalue weighted by molar-refractivity contribution is -0.829. The summed E-state index contributed by atoms with van der Waals surface area (Å²) in [6.07, 6.45) is 25.4. The van der Waals surface area contributed by atoms with Crippen molar-refractivity contribution in [3.63, 3.8) is 0 Å². The predicted molar refractivity (Wildman–Crippen MR) is 141 cm³/mol. The van der Waals surface area contributed by atoms with Gasteiger partial charge in [-0.2, -0.15) is 0 Å². The van der Waals surface area contributed by atoms with Crippen LogP contribution in [0.15, 0.2) is 0 Å². The molecule has 1 atom stereocenters. The molecule has 0 saturated heterocycles. The molecule has 0 N–H and O–H groups in total. The first-order valence-corrected chi connectivity index (χ1v) is 15.6. The van der Waals surface area contributed by atoms with Gasteiger partial charge in [-0.15, -0.1) is 0 Å². The van der Waals surface area contributed by atoms with E-state index in [0.29, 0.717) is 6.04 Å². The Morgan fingerprint density at radius 1 is 0.531 bits per heavy atom. The molecular formula is C27H60ClNO2Si. The second kappa shape index (κ2) is 24.5. The first-order valence-electron chi connectivity index (χ1n) is 14.1. The quantitative estimate of drug-likeness (QED) is 0.134. The largest absolute Gasteiger partial charge is 1.00 e. The van der Waals surface area contributed by atoms with Crippen molar-refractivity contribution in [2.24, 2.45) is 0 Å². The molecule has 3 nitrogen and oxygen atoms in total. The van der Waals surface area contributed by atoms with Crippen molar-refractivity contribution < 1.29 is 25.4 Å². The van der Waals surface area contributed by atoms with E-state index in [2.05, 4.69) is 41.8 Å². The third kappa shape index (κ3) is 17.8. The van der Waals surface area contributed by atoms with E-state index in [1.807, 2.05) is 0 Å². The van der Waals surface area contributed by atoms with E-state index in [1.165, 1.54) is 116 Å². The van der Waals surface area contributed by atoms with Gasteiger partial charge in [-0.1, -0.05) is 110 Å². The molecule has 0 saturated carbocycles. The number of quaternary nitrogens is 1. The second-order valence-electron chi connectivity index (χ2n) is 10.0. The monoisotopic (exact) mass is 493 g/mol. The molecule has 0 heterocycles. The molecule has 0 bridgehead atoms. The highest BCUT2D eigenvalue weighted by atomic mass is 35.5. The van der Waals surface area contributed by atoms with Crippen molar-refractivity contribution in [3.05, 3.63) is 0 Å². The van der Waals surface area contributed by atoms with Crippen molar-refractivity contribution in [3.8, 4) is 0 Å². The summed E-state index contributed by atoms with van der Waals surface area (Å²) in [5.41, 5.74) is 0. The zero-order valence-electron chi connectivity index (χ0n) is 22.9. The SMILES string of the molecule is CCCCCCCCCCCCCCCCCC(CCC)[N+](C)(C)[SiH](OCC)OCC.[Cl-]. The zero-order valence-corrected chi connectivity index (χ0v) is 24.8. The summed E-state index contributed by atoms with van der Waals surface area (Å²) in [5.74, 6) is 0. The van der Waals surface area contributed by atoms with E-state index in [4.69, 9.17) is 8.85 Å². The van der Waals surface area contributed by atoms with E-state index in [1.54, 1.807) is 0 Å². The predicted octanol–water partition coefficient (Wildman–Crippen LogP) is 5.29. The summed E-state index contributed by atoms with van der Waals surface area (Å²) in [6, 6.07) is 0.682. The van der Waals surface area contributed by atoms with Crippen molar-refractivity contribution >= 4 is 9.45 Å². The maximum atomic E-state index is 6.09. The lowest BCUT2D eigenvalue weighted by Crippen LogP contribution is -3.00. The molecular weight excluding hydrogens is 434 g/mol. The fourth-order valence-electron chi connectivity index (χ4n) is 4.78. The Labute approximate surface area is 211 Å². The van der Waals surface area contributed by atoms with Gasteiger partial charge in [0.1, 0.15) is 0 Å². The molecule has 0 aliphatic rings. The average Bonchev–Trinajstić information content (AvgIpc) is 2.75. The Morgan fingerprint density at radius 2 is 0.906 bits per heavy atom. The number of nitrogens with zero attached hydrogens (tertiary/aromatic N) is 1. The van der Waals surface area contributed by atoms with E-state index in [9.17, 15) is 0 Å². The summed E-state index contributed by atoms with van der Waals surface area (Å²) in [4.78, 5) is 0. The second-order valence-corrected chi connectivity index (χ2v) is 12.6. The van der Waals surface area contributed by atoms with Gasteiger partial charge in [0.15, 0.2) is 0 Å². The van der Waals surface area contributed by atoms with E-state index >= 15 is 0 Å². The maximum absolute atomic E-state index is 6.09. The van der Waals surface area contributed by atoms with E-state index < -0.39 is 9.45 Å². The van der Waals surface area contributed by atoms with Crippen LogP contribution >= 0.6 is 0 Å². The molecule has 0 aromatic heterocycles. The van der Waals surface area contributed by atoms with Gasteiger partial charge in [0, 0.05) is 13.2 Å². The number of hydrogen-bond acceptors (Lipinski definition) is 2. The van der Waals surface area contributed by atoms with Crippen LogP contribution in [0.1, 0.15) is 143 Å². The van der Waals surface area contributed by atoms with Crippen LogP contribution in [0, 0.1) is 0 Å². The smallest absolute Gasteiger partial charge is 0.586 e. The Hall–Kier alpha value is 0.387. The molecule has 0 amide bonds. The molecule has 196 valence electrons. The summed E-state index contributed by atoms with van der Waals surface area (Å²) in [6.45, 7) is 10.4. The minimum absolute atomic E-state index is 0. The molecule has 0 rings (SSSR count). The molecule has 32 heavy (non-hydrogen) atoms. The van der Waals surface area contributed by atoms with Crippen LogP contribution in [0.5, 0.6) is 0 Å². The number of halogens is 1. The standard InChI is InChI=1S/C27H60NO2Si.ClH/c1-7-11-12-13-14-15-16-17-18-19-20-21-22-23-24-26-27(25-8-2)28(5,6)31(29-9-3)30-10-4;/h27,31H,7-26H2,1-6H3;1H/q+1;/p-1. The fraction of sp³-hybridized carbons (Fsp3) is 1.00. The van der Waals surface area contributed by atoms with Gasteiger partial charge in [0.05, 0.1) is 20.1 Å². The molecule has 0 aromatic carbocycles. The van der Waals surface area contributed by atoms with Crippen molar-refractivity contribution in [1.82, 2.24) is 0 Å². The first kappa shape index (κ1) is 34.6. The lowest BCUT2D eigenvalue weighted by atomic mass is 10.0. The van der Waals surface area contributed by atoms with Gasteiger partial charge in [-0.25, -0.2) is 0 Å². The molecule has 0 fully saturated rings. The van der Waals surface area contributed by atoms with Gasteiger partial charge in [-0.05, 0) is 33.1 Å². The fourth-order valence-corrected chi connectivity index (χ4v) is 6.86. The maximum Gasteiger partial charge on any atom is 0.586 e. The Balaban J connectivity index is 0. The van der Waals surface area contributed by atoms with Gasteiger partial charge >= 0.3 is 9.45 Å². The van der Waals surface area contributed by atoms with Crippen molar-refractivity contribution in [1.29, 1.82) is 0 Å². The molecule has 1 unspecified atom stereocenters. The normalized spacial score (nSPS) is 12.8. The van der Waals surface area contributed by atoms with Crippen LogP contribution < -0.4 is 12.4 Å². The number of unbranched alkanes of at least 4 members (excludes halogenated alkanes) is 14. The summed E-state index contributed by atoms with van der Waals surface area (Å²) in [7, 11) is 3.02. The molecule has 5 heteroatoms. The van der Waals surface area contributed by atoms with E-state index in [-0.39, 0.29) is 12.4 Å². The molecule has 0 aliphatic heterocycles. The summed E-state index contributed by atoms with van der Waals surface area (Å²) >= 11 is 0. The highest BCUT2D eigenvalue weighted by Crippen LogP contribution is 2.23. The van der Waals surface area contributed by atoms with Gasteiger partial charge in [0.25, 0.3) is 0 Å². The molecule has 0 aliphatic carbocycles. The highest BCUT2D eigenvalue weighted by Gasteiger charge is 2.40. The minimum Gasteiger partial charge on any atom is -1.00 e. The third-order valence-electron chi connectivity index (χ3n) is 6.87. The number of hydrogen-bond donors (Lipinski definition) is 0. The van der Waals surface area contributed by atoms with Gasteiger partial charge in [0.2, 0.25) is 0 Å². The highest BCUT2D eigenvalue weighted by molar-refractivity contribution is 6.35. The van der Waals surface area contributed by atoms with Crippen LogP contribution in [0.25, 0.3) is 0 Å². The molecule has 0 radical (unpaired) electrons. The summed E-state index contributed by atoms with van der Waals surface area (Å²) in [5, 5.41) is 0. The Bertz CT molecular complexity index is 366. The minimum atomic E-state index is -1.69. The van der Waals surface area contributed by atoms with Crippen LogP contribution in [0.2, 0.25) is 0 Å². The third-order valence-corrected chi connectivity index (χ3v) is 9.61. The van der Waals surface area contributed by atoms with E-state index in [0.717, 1.165) is 17.4 Å². The first-order chi connectivity index (χ1) is 15.0. The van der Waals surface area contributed by atoms with Crippen LogP contribution in [0.3, 0.4) is 0 Å². The van der Waals surface area contributed by atoms with Crippen molar-refractivity contribution in [2.75, 3.05) is 27.3 Å². The summed E-state index contributed by atoms with van der Waals surface area (Å²) < 4.78 is 13.2. The van der Waals surface area contributed by atoms with Gasteiger partial charge in [-0.3, -0.25) is 0 Å². The lowest BCUT2D eigenvalue weighted by Gasteiger charge is -2.42. The average molecular weight is 494 g/mol. The molecule has 0 aromatic rings. The van der Waals surface area contributed by atoms with Gasteiger partial charge < -0.3 is 25.4 Å². The van der Waals surface area contributed by atoms with Crippen LogP contribution in [-0.2, 0) is 8.85 Å². The van der Waals surface area contributed by atoms with Crippen LogP contribution in [-0.4, -0.2) is 46.9 Å².